The number of halogens is 2. The first kappa shape index (κ1) is 23.4. The van der Waals surface area contributed by atoms with Gasteiger partial charge in [0.1, 0.15) is 12.6 Å². The van der Waals surface area contributed by atoms with Gasteiger partial charge in [-0.2, -0.15) is 15.4 Å². The molecule has 2 aliphatic rings. The number of dihydropyridines is 1. The van der Waals surface area contributed by atoms with Crippen molar-refractivity contribution in [3.8, 4) is 11.8 Å². The molecule has 4 rings (SSSR count). The number of carbonyl (C=O) groups excluding carboxylic acids is 3. The molecule has 8 nitrogen and oxygen atoms in total. The fourth-order valence-corrected chi connectivity index (χ4v) is 3.97. The lowest BCUT2D eigenvalue weighted by atomic mass is 9.97. The quantitative estimate of drug-likeness (QED) is 0.595. The zero-order chi connectivity index (χ0) is 24.4. The van der Waals surface area contributed by atoms with Crippen molar-refractivity contribution >= 4 is 58.0 Å². The van der Waals surface area contributed by atoms with E-state index >= 15 is 0 Å². The smallest absolute Gasteiger partial charge is 0.255 e. The number of ketones is 2. The van der Waals surface area contributed by atoms with Crippen molar-refractivity contribution in [3.63, 3.8) is 0 Å². The Labute approximate surface area is 204 Å². The van der Waals surface area contributed by atoms with Gasteiger partial charge in [0.2, 0.25) is 17.4 Å². The molecule has 34 heavy (non-hydrogen) atoms. The molecule has 0 fully saturated rings. The van der Waals surface area contributed by atoms with E-state index in [0.29, 0.717) is 12.0 Å². The molecule has 0 radical (unpaired) electrons. The summed E-state index contributed by atoms with van der Waals surface area (Å²) in [6.45, 7) is 1.91. The number of anilines is 1. The van der Waals surface area contributed by atoms with E-state index in [1.165, 1.54) is 12.1 Å². The first-order valence-electron chi connectivity index (χ1n) is 10.1. The number of nitrogens with zero attached hydrogens (tertiary/aromatic N) is 4. The molecule has 0 unspecified atom stereocenters. The van der Waals surface area contributed by atoms with Gasteiger partial charge in [-0.05, 0) is 30.2 Å². The molecule has 0 N–H and O–H groups in total. The van der Waals surface area contributed by atoms with E-state index < -0.39 is 18.1 Å². The molecule has 10 heteroatoms. The third-order valence-corrected chi connectivity index (χ3v) is 5.79. The largest absolute Gasteiger partial charge is 0.436 e. The summed E-state index contributed by atoms with van der Waals surface area (Å²) in [5, 5.41) is 13.8. The average molecular weight is 495 g/mol. The number of ether oxygens (including phenoxy) is 1. The van der Waals surface area contributed by atoms with E-state index in [2.05, 4.69) is 10.1 Å². The van der Waals surface area contributed by atoms with Gasteiger partial charge in [-0.1, -0.05) is 47.5 Å². The summed E-state index contributed by atoms with van der Waals surface area (Å²) in [6.07, 6.45) is 1.50. The topological polar surface area (TPSA) is 112 Å². The predicted molar refractivity (Wildman–Crippen MR) is 128 cm³/mol. The fourth-order valence-electron chi connectivity index (χ4n) is 3.42. The van der Waals surface area contributed by atoms with Gasteiger partial charge in [-0.25, -0.2) is 4.99 Å². The van der Waals surface area contributed by atoms with Gasteiger partial charge in [0.25, 0.3) is 5.91 Å². The van der Waals surface area contributed by atoms with Crippen LogP contribution in [0.1, 0.15) is 17.5 Å². The summed E-state index contributed by atoms with van der Waals surface area (Å²) in [5.74, 6) is -1.13. The second kappa shape index (κ2) is 9.59. The Morgan fingerprint density at radius 3 is 2.50 bits per heavy atom. The van der Waals surface area contributed by atoms with E-state index in [1.54, 1.807) is 12.1 Å². The fraction of sp³-hybridized carbons (Fsp3) is 0.167. The third kappa shape index (κ3) is 4.76. The highest BCUT2D eigenvalue weighted by molar-refractivity contribution is 6.50. The van der Waals surface area contributed by atoms with Crippen molar-refractivity contribution in [2.75, 3.05) is 11.6 Å². The number of carbonyl (C=O) groups is 3. The zero-order valence-electron chi connectivity index (χ0n) is 17.8. The molecule has 0 bridgehead atoms. The first-order valence-corrected chi connectivity index (χ1v) is 10.9. The Morgan fingerprint density at radius 1 is 1.12 bits per heavy atom. The Morgan fingerprint density at radius 2 is 1.82 bits per heavy atom. The highest BCUT2D eigenvalue weighted by atomic mass is 35.5. The van der Waals surface area contributed by atoms with Crippen LogP contribution in [-0.4, -0.2) is 35.6 Å². The third-order valence-electron chi connectivity index (χ3n) is 5.23. The maximum atomic E-state index is 12.4. The molecule has 170 valence electrons. The summed E-state index contributed by atoms with van der Waals surface area (Å²) in [6, 6.07) is 12.2. The Kier molecular flexibility index (Phi) is 6.59. The number of benzene rings is 2. The molecular formula is C24H16Cl2N4O4. The van der Waals surface area contributed by atoms with Gasteiger partial charge in [-0.3, -0.25) is 14.4 Å². The SMILES string of the molecule is Cc1ccccc1CC1=CC(Oc2c(Cl)cc(N3N=C(C#N)C(=O)CC3=O)cc2Cl)=NCC1=O. The summed E-state index contributed by atoms with van der Waals surface area (Å²) < 4.78 is 5.80. The van der Waals surface area contributed by atoms with E-state index in [1.807, 2.05) is 31.2 Å². The van der Waals surface area contributed by atoms with Crippen molar-refractivity contribution in [1.82, 2.24) is 0 Å². The standard InChI is InChI=1S/C24H16Cl2N4O4/c1-13-4-2-3-5-14(13)6-15-7-22(28-12-21(15)32)34-24-17(25)8-16(9-18(24)26)30-23(33)10-20(31)19(11-27)29-30/h2-5,7-9H,6,10,12H2,1H3. The number of hydrogen-bond donors (Lipinski definition) is 0. The summed E-state index contributed by atoms with van der Waals surface area (Å²) in [5.41, 5.74) is 2.42. The van der Waals surface area contributed by atoms with Crippen molar-refractivity contribution in [3.05, 3.63) is 69.2 Å². The van der Waals surface area contributed by atoms with Crippen LogP contribution in [0.25, 0.3) is 0 Å². The van der Waals surface area contributed by atoms with Crippen LogP contribution in [0.3, 0.4) is 0 Å². The van der Waals surface area contributed by atoms with Crippen LogP contribution in [0, 0.1) is 18.3 Å². The van der Waals surface area contributed by atoms with Gasteiger partial charge >= 0.3 is 0 Å². The Bertz CT molecular complexity index is 1350. The Hall–Kier alpha value is -3.80. The Balaban J connectivity index is 1.59. The van der Waals surface area contributed by atoms with Crippen LogP contribution in [0.15, 0.2) is 58.1 Å². The number of Topliss-reactive ketones (excluding diaryl/α,β-unsaturated/α-hetero) is 2. The number of aliphatic imine (C=N–C) groups is 1. The molecule has 2 aliphatic heterocycles. The zero-order valence-corrected chi connectivity index (χ0v) is 19.4. The molecule has 0 aliphatic carbocycles. The molecular weight excluding hydrogens is 479 g/mol. The minimum Gasteiger partial charge on any atom is -0.436 e. The predicted octanol–water partition coefficient (Wildman–Crippen LogP) is 4.02. The highest BCUT2D eigenvalue weighted by Gasteiger charge is 2.30. The lowest BCUT2D eigenvalue weighted by Gasteiger charge is -2.22. The van der Waals surface area contributed by atoms with Crippen LogP contribution in [-0.2, 0) is 20.8 Å². The molecule has 0 aromatic heterocycles. The number of nitriles is 1. The van der Waals surface area contributed by atoms with Crippen molar-refractivity contribution in [2.24, 2.45) is 10.1 Å². The highest BCUT2D eigenvalue weighted by Crippen LogP contribution is 2.38. The van der Waals surface area contributed by atoms with Crippen LogP contribution in [0.5, 0.6) is 5.75 Å². The van der Waals surface area contributed by atoms with E-state index in [-0.39, 0.29) is 45.4 Å². The van der Waals surface area contributed by atoms with Gasteiger partial charge in [0.05, 0.1) is 22.2 Å². The van der Waals surface area contributed by atoms with E-state index in [0.717, 1.165) is 16.1 Å². The van der Waals surface area contributed by atoms with Crippen LogP contribution in [0.2, 0.25) is 10.0 Å². The van der Waals surface area contributed by atoms with E-state index in [9.17, 15) is 14.4 Å². The van der Waals surface area contributed by atoms with Gasteiger partial charge in [0, 0.05) is 18.1 Å². The number of amides is 1. The van der Waals surface area contributed by atoms with Crippen LogP contribution in [0.4, 0.5) is 5.69 Å². The second-order valence-corrected chi connectivity index (χ2v) is 8.37. The van der Waals surface area contributed by atoms with E-state index in [4.69, 9.17) is 33.2 Å². The van der Waals surface area contributed by atoms with Crippen LogP contribution >= 0.6 is 23.2 Å². The molecule has 0 spiro atoms. The molecule has 0 saturated heterocycles. The van der Waals surface area contributed by atoms with Gasteiger partial charge in [0.15, 0.2) is 11.5 Å². The monoisotopic (exact) mass is 494 g/mol. The molecule has 0 saturated carbocycles. The lowest BCUT2D eigenvalue weighted by molar-refractivity contribution is -0.124. The maximum Gasteiger partial charge on any atom is 0.255 e. The van der Waals surface area contributed by atoms with Crippen LogP contribution < -0.4 is 9.75 Å². The molecule has 2 aromatic carbocycles. The second-order valence-electron chi connectivity index (χ2n) is 7.56. The molecule has 2 aromatic rings. The minimum absolute atomic E-state index is 0.0503. The molecule has 0 atom stereocenters. The first-order chi connectivity index (χ1) is 16.3. The normalized spacial score (nSPS) is 16.0. The van der Waals surface area contributed by atoms with Crippen molar-refractivity contribution < 1.29 is 19.1 Å². The van der Waals surface area contributed by atoms with Crippen molar-refractivity contribution in [2.45, 2.75) is 19.8 Å². The minimum atomic E-state index is -0.654. The van der Waals surface area contributed by atoms with Gasteiger partial charge < -0.3 is 4.74 Å². The summed E-state index contributed by atoms with van der Waals surface area (Å²) >= 11 is 12.7. The number of hydrazone groups is 1. The average Bonchev–Trinajstić information content (AvgIpc) is 2.80. The number of aryl methyl sites for hydroxylation is 1. The number of hydrogen-bond acceptors (Lipinski definition) is 7. The van der Waals surface area contributed by atoms with Crippen molar-refractivity contribution in [1.29, 1.82) is 5.26 Å². The molecule has 2 heterocycles. The molecule has 1 amide bonds. The summed E-state index contributed by atoms with van der Waals surface area (Å²) in [4.78, 5) is 40.5. The lowest BCUT2D eigenvalue weighted by Crippen LogP contribution is -2.36. The number of rotatable bonds is 4. The maximum absolute atomic E-state index is 12.4. The van der Waals surface area contributed by atoms with Gasteiger partial charge in [-0.15, -0.1) is 0 Å². The summed E-state index contributed by atoms with van der Waals surface area (Å²) in [7, 11) is 0.